The Kier molecular flexibility index (Phi) is 9.86. The van der Waals surface area contributed by atoms with E-state index in [2.05, 4.69) is 187 Å². The molecule has 3 aromatic heterocycles. The number of imidazole rings is 1. The third-order valence-electron chi connectivity index (χ3n) is 13.3. The average Bonchev–Trinajstić information content (AvgIpc) is 3.93. The zero-order valence-corrected chi connectivity index (χ0v) is 40.7. The summed E-state index contributed by atoms with van der Waals surface area (Å²) in [5, 5.41) is 2.06. The Hall–Kier alpha value is -7.67. The molecule has 2 aliphatic rings. The van der Waals surface area contributed by atoms with Crippen LogP contribution in [0.4, 0.5) is 34.1 Å². The third-order valence-corrected chi connectivity index (χ3v) is 13.3. The van der Waals surface area contributed by atoms with Crippen LogP contribution in [0.3, 0.4) is 0 Å². The molecule has 13 rings (SSSR count). The molecule has 0 fully saturated rings. The van der Waals surface area contributed by atoms with E-state index in [0.29, 0.717) is 28.2 Å². The van der Waals surface area contributed by atoms with Crippen molar-refractivity contribution in [2.24, 2.45) is 6.98 Å². The molecule has 69 heavy (non-hydrogen) atoms. The number of ether oxygens (including phenoxy) is 1. The fourth-order valence-corrected chi connectivity index (χ4v) is 10.3. The smallest absolute Gasteiger partial charge is 0.510 e. The van der Waals surface area contributed by atoms with Crippen LogP contribution in [-0.2, 0) is 33.5 Å². The van der Waals surface area contributed by atoms with Gasteiger partial charge in [-0.15, -0.1) is 24.3 Å². The van der Waals surface area contributed by atoms with Crippen LogP contribution in [-0.4, -0.2) is 20.8 Å². The molecule has 5 heterocycles. The number of para-hydroxylation sites is 6. The Labute approximate surface area is 422 Å². The van der Waals surface area contributed by atoms with Gasteiger partial charge in [0.2, 0.25) is 6.33 Å². The first-order valence-electron chi connectivity index (χ1n) is 24.1. The molecule has 0 N–H and O–H groups in total. The number of hydrogen-bond donors (Lipinski definition) is 0. The quantitative estimate of drug-likeness (QED) is 0.0945. The molecule has 0 saturated heterocycles. The van der Waals surface area contributed by atoms with E-state index in [9.17, 15) is 0 Å². The topological polar surface area (TPSA) is 42.3 Å². The van der Waals surface area contributed by atoms with Crippen LogP contribution in [0.1, 0.15) is 30.4 Å². The zero-order valence-electron chi connectivity index (χ0n) is 41.4. The zero-order chi connectivity index (χ0) is 47.5. The Morgan fingerprint density at radius 3 is 2.01 bits per heavy atom. The molecule has 9 heteroatoms. The van der Waals surface area contributed by atoms with Crippen LogP contribution in [0.15, 0.2) is 188 Å². The van der Waals surface area contributed by atoms with Gasteiger partial charge < -0.3 is 35.7 Å². The number of nitrogens with zero attached hydrogens (tertiary/aromatic N) is 6. The molecular formula is C60H46BN6OPt+. The fraction of sp³-hybridized carbons (Fsp3) is 0.0833. The predicted octanol–water partition coefficient (Wildman–Crippen LogP) is 12.0. The number of rotatable bonds is 6. The van der Waals surface area contributed by atoms with Gasteiger partial charge in [-0.25, -0.2) is 4.98 Å². The molecule has 334 valence electrons. The maximum absolute atomic E-state index is 8.20. The van der Waals surface area contributed by atoms with Gasteiger partial charge >= 0.3 is 21.1 Å². The summed E-state index contributed by atoms with van der Waals surface area (Å²) in [4.78, 5) is 10.0. The minimum absolute atomic E-state index is 0. The van der Waals surface area contributed by atoms with E-state index >= 15 is 0 Å². The SMILES string of the molecule is [2H]C([2H])([2H])[n+]1[c-]n(-c2[c-]c(Oc3[c-]c4c(cc3)c3c5c6c(cc3n4-c3cc(C(C)(C)C)ccn3)N(c3ccccc3)c3ccccc3B6c3ccccc3N5c3ccccc3)ccc2)c2ccccc21.[CH3-].[Pt+4]. The summed E-state index contributed by atoms with van der Waals surface area (Å²) in [6.07, 6.45) is 4.96. The number of aryl methyl sites for hydroxylation is 1. The predicted molar refractivity (Wildman–Crippen MR) is 279 cm³/mol. The monoisotopic (exact) mass is 1080 g/mol. The van der Waals surface area contributed by atoms with Crippen molar-refractivity contribution in [1.29, 1.82) is 0 Å². The van der Waals surface area contributed by atoms with Crippen LogP contribution in [0.5, 0.6) is 11.5 Å². The molecule has 7 nitrogen and oxygen atoms in total. The molecule has 0 spiro atoms. The normalized spacial score (nSPS) is 13.4. The number of pyridine rings is 1. The van der Waals surface area contributed by atoms with Gasteiger partial charge in [-0.2, -0.15) is 18.2 Å². The molecule has 0 bridgehead atoms. The first kappa shape index (κ1) is 40.4. The summed E-state index contributed by atoms with van der Waals surface area (Å²) >= 11 is 0. The molecule has 11 aromatic rings. The maximum Gasteiger partial charge on any atom is 4.00 e. The van der Waals surface area contributed by atoms with E-state index < -0.39 is 6.98 Å². The van der Waals surface area contributed by atoms with E-state index in [-0.39, 0.29) is 40.6 Å². The minimum Gasteiger partial charge on any atom is -0.510 e. The van der Waals surface area contributed by atoms with E-state index in [0.717, 1.165) is 67.3 Å². The van der Waals surface area contributed by atoms with Crippen molar-refractivity contribution in [1.82, 2.24) is 14.1 Å². The molecule has 0 radical (unpaired) electrons. The van der Waals surface area contributed by atoms with E-state index in [4.69, 9.17) is 13.8 Å². The summed E-state index contributed by atoms with van der Waals surface area (Å²) < 4.78 is 36.5. The Morgan fingerprint density at radius 2 is 1.29 bits per heavy atom. The third kappa shape index (κ3) is 6.91. The first-order valence-corrected chi connectivity index (χ1v) is 22.6. The van der Waals surface area contributed by atoms with Gasteiger partial charge in [0.1, 0.15) is 5.82 Å². The number of aromatic nitrogens is 4. The van der Waals surface area contributed by atoms with Crippen molar-refractivity contribution in [3.63, 3.8) is 0 Å². The molecule has 8 aromatic carbocycles. The summed E-state index contributed by atoms with van der Waals surface area (Å²) in [5.41, 5.74) is 14.8. The molecular weight excluding hydrogens is 1030 g/mol. The Balaban J connectivity index is 0.00000280. The molecule has 0 unspecified atom stereocenters. The molecule has 2 aliphatic heterocycles. The van der Waals surface area contributed by atoms with E-state index in [1.165, 1.54) is 21.0 Å². The van der Waals surface area contributed by atoms with Crippen molar-refractivity contribution in [2.45, 2.75) is 26.2 Å². The molecule has 0 aliphatic carbocycles. The largest absolute Gasteiger partial charge is 4.00 e. The summed E-state index contributed by atoms with van der Waals surface area (Å²) in [5.74, 6) is 1.68. The van der Waals surface area contributed by atoms with Crippen molar-refractivity contribution in [3.05, 3.63) is 220 Å². The Morgan fingerprint density at radius 1 is 0.638 bits per heavy atom. The van der Waals surface area contributed by atoms with Crippen LogP contribution in [0, 0.1) is 25.9 Å². The van der Waals surface area contributed by atoms with Crippen molar-refractivity contribution in [3.8, 4) is 23.0 Å². The summed E-state index contributed by atoms with van der Waals surface area (Å²) in [7, 11) is 0. The number of hydrogen-bond acceptors (Lipinski definition) is 4. The van der Waals surface area contributed by atoms with Crippen LogP contribution in [0.25, 0.3) is 44.3 Å². The van der Waals surface area contributed by atoms with Gasteiger partial charge in [-0.05, 0) is 87.4 Å². The number of fused-ring (bicyclic) bond motifs is 9. The average molecular weight is 1080 g/mol. The van der Waals surface area contributed by atoms with Crippen molar-refractivity contribution >= 4 is 90.1 Å². The first-order chi connectivity index (χ1) is 34.0. The number of benzene rings is 8. The van der Waals surface area contributed by atoms with Gasteiger partial charge in [-0.1, -0.05) is 134 Å². The standard InChI is InChI=1S/C59H43BN6O.CH3.Pt/c1-59(2,3)39-32-33-61-55(34-39)66-52-36-44(67-43-23-17-22-42(35-43)63-38-62(4)50-28-15-16-29-51(50)63)30-31-45(52)56-53(66)37-54-57-58(56)65(41-20-9-6-10-21-41)49-27-14-12-25-47(49)60(57)46-24-11-13-26-48(46)64(54)40-18-7-5-8-19-40;;/h5-34,37H,1-4H3;1H3;/q-2;-1;+4/i4D3;;. The summed E-state index contributed by atoms with van der Waals surface area (Å²) in [6.45, 7) is 4.18. The molecule has 0 atom stereocenters. The summed E-state index contributed by atoms with van der Waals surface area (Å²) in [6, 6.07) is 69.9. The van der Waals surface area contributed by atoms with Crippen LogP contribution in [0.2, 0.25) is 0 Å². The number of anilines is 6. The van der Waals surface area contributed by atoms with Gasteiger partial charge in [0, 0.05) is 57.3 Å². The fourth-order valence-electron chi connectivity index (χ4n) is 10.3. The van der Waals surface area contributed by atoms with E-state index in [1.54, 1.807) is 10.6 Å². The maximum atomic E-state index is 8.20. The van der Waals surface area contributed by atoms with Crippen molar-refractivity contribution in [2.75, 3.05) is 9.80 Å². The van der Waals surface area contributed by atoms with Crippen LogP contribution >= 0.6 is 0 Å². The molecule has 0 amide bonds. The van der Waals surface area contributed by atoms with Gasteiger partial charge in [0.15, 0.2) is 0 Å². The second kappa shape index (κ2) is 16.8. The van der Waals surface area contributed by atoms with Crippen LogP contribution < -0.4 is 35.5 Å². The van der Waals surface area contributed by atoms with Gasteiger partial charge in [0.25, 0.3) is 6.71 Å². The second-order valence-corrected chi connectivity index (χ2v) is 18.3. The minimum atomic E-state index is -2.42. The molecule has 0 saturated carbocycles. The van der Waals surface area contributed by atoms with Crippen molar-refractivity contribution < 1.29 is 34.5 Å². The second-order valence-electron chi connectivity index (χ2n) is 18.3. The van der Waals surface area contributed by atoms with Gasteiger partial charge in [-0.3, -0.25) is 0 Å². The Bertz CT molecular complexity index is 3880. The van der Waals surface area contributed by atoms with Gasteiger partial charge in [0.05, 0.1) is 22.1 Å². The van der Waals surface area contributed by atoms with E-state index in [1.807, 2.05) is 48.7 Å².